The lowest BCUT2D eigenvalue weighted by Crippen LogP contribution is -2.36. The van der Waals surface area contributed by atoms with Crippen molar-refractivity contribution in [1.29, 1.82) is 0 Å². The van der Waals surface area contributed by atoms with Crippen LogP contribution in [0.4, 0.5) is 5.69 Å². The van der Waals surface area contributed by atoms with Gasteiger partial charge in [0, 0.05) is 25.5 Å². The summed E-state index contributed by atoms with van der Waals surface area (Å²) in [5.74, 6) is -2.09. The zero-order valence-corrected chi connectivity index (χ0v) is 10.4. The Labute approximate surface area is 110 Å². The summed E-state index contributed by atoms with van der Waals surface area (Å²) >= 11 is 0. The number of aromatic hydroxyl groups is 1. The van der Waals surface area contributed by atoms with Crippen molar-refractivity contribution in [3.8, 4) is 5.75 Å². The van der Waals surface area contributed by atoms with Gasteiger partial charge in [0.1, 0.15) is 11.3 Å². The summed E-state index contributed by atoms with van der Waals surface area (Å²) in [5.41, 5.74) is 5.66. The molecule has 104 valence electrons. The maximum absolute atomic E-state index is 11.7. The van der Waals surface area contributed by atoms with E-state index in [1.54, 1.807) is 0 Å². The van der Waals surface area contributed by atoms with E-state index >= 15 is 0 Å². The van der Waals surface area contributed by atoms with Crippen LogP contribution in [0.15, 0.2) is 18.2 Å². The number of rotatable bonds is 6. The highest BCUT2D eigenvalue weighted by Crippen LogP contribution is 2.22. The Hall–Kier alpha value is -2.12. The fourth-order valence-electron chi connectivity index (χ4n) is 1.40. The molecule has 0 aliphatic heterocycles. The van der Waals surface area contributed by atoms with Crippen molar-refractivity contribution in [1.82, 2.24) is 0 Å². The Kier molecular flexibility index (Phi) is 5.28. The number of benzene rings is 1. The number of nitrogens with two attached hydrogens (primary N) is 1. The van der Waals surface area contributed by atoms with Crippen LogP contribution >= 0.6 is 0 Å². The van der Waals surface area contributed by atoms with Gasteiger partial charge in [0.15, 0.2) is 0 Å². The largest absolute Gasteiger partial charge is 0.507 e. The van der Waals surface area contributed by atoms with Crippen molar-refractivity contribution in [3.63, 3.8) is 0 Å². The van der Waals surface area contributed by atoms with Crippen LogP contribution in [0.2, 0.25) is 0 Å². The quantitative estimate of drug-likeness (QED) is 0.592. The van der Waals surface area contributed by atoms with Crippen molar-refractivity contribution >= 4 is 17.6 Å². The van der Waals surface area contributed by atoms with E-state index in [0.29, 0.717) is 13.0 Å². The maximum Gasteiger partial charge on any atom is 0.339 e. The molecule has 0 aliphatic carbocycles. The van der Waals surface area contributed by atoms with E-state index in [2.05, 4.69) is 5.32 Å². The van der Waals surface area contributed by atoms with Crippen LogP contribution in [0.5, 0.6) is 5.75 Å². The molecule has 0 aromatic heterocycles. The predicted molar refractivity (Wildman–Crippen MR) is 68.2 cm³/mol. The zero-order valence-electron chi connectivity index (χ0n) is 10.4. The summed E-state index contributed by atoms with van der Waals surface area (Å²) in [5, 5.41) is 20.7. The van der Waals surface area contributed by atoms with E-state index in [-0.39, 0.29) is 11.3 Å². The number of ether oxygens (including phenoxy) is 1. The van der Waals surface area contributed by atoms with E-state index in [9.17, 15) is 14.7 Å². The molecule has 0 radical (unpaired) electrons. The third kappa shape index (κ3) is 4.23. The standard InChI is InChI=1S/C12H16N2O5/c1-19-5-4-9(13)11(16)14-7-2-3-8(12(17)18)10(15)6-7/h2-3,6,9,15H,4-5,13H2,1H3,(H,14,16)(H,17,18). The van der Waals surface area contributed by atoms with Crippen LogP contribution in [0.25, 0.3) is 0 Å². The first-order chi connectivity index (χ1) is 8.95. The number of nitrogens with one attached hydrogen (secondary N) is 1. The minimum atomic E-state index is -1.24. The average molecular weight is 268 g/mol. The molecule has 1 amide bonds. The summed E-state index contributed by atoms with van der Waals surface area (Å²) in [4.78, 5) is 22.4. The molecule has 1 atom stereocenters. The monoisotopic (exact) mass is 268 g/mol. The van der Waals surface area contributed by atoms with Crippen molar-refractivity contribution in [3.05, 3.63) is 23.8 Å². The van der Waals surface area contributed by atoms with Gasteiger partial charge in [-0.1, -0.05) is 0 Å². The smallest absolute Gasteiger partial charge is 0.339 e. The molecule has 0 saturated carbocycles. The molecule has 7 heteroatoms. The second-order valence-corrected chi connectivity index (χ2v) is 3.91. The summed E-state index contributed by atoms with van der Waals surface area (Å²) in [6.45, 7) is 0.359. The molecule has 5 N–H and O–H groups in total. The van der Waals surface area contributed by atoms with Gasteiger partial charge in [-0.05, 0) is 18.6 Å². The Bertz CT molecular complexity index is 475. The number of carboxylic acid groups (broad SMARTS) is 1. The Balaban J connectivity index is 2.70. The predicted octanol–water partition coefficient (Wildman–Crippen LogP) is 0.393. The fraction of sp³-hybridized carbons (Fsp3) is 0.333. The zero-order chi connectivity index (χ0) is 14.4. The van der Waals surface area contributed by atoms with Gasteiger partial charge in [-0.2, -0.15) is 0 Å². The minimum Gasteiger partial charge on any atom is -0.507 e. The van der Waals surface area contributed by atoms with Crippen molar-refractivity contribution in [2.24, 2.45) is 5.73 Å². The minimum absolute atomic E-state index is 0.235. The third-order valence-corrected chi connectivity index (χ3v) is 2.47. The van der Waals surface area contributed by atoms with Gasteiger partial charge in [0.05, 0.1) is 6.04 Å². The van der Waals surface area contributed by atoms with Crippen LogP contribution in [-0.4, -0.2) is 41.8 Å². The Morgan fingerprint density at radius 3 is 2.68 bits per heavy atom. The second-order valence-electron chi connectivity index (χ2n) is 3.91. The van der Waals surface area contributed by atoms with E-state index in [1.165, 1.54) is 19.2 Å². The highest BCUT2D eigenvalue weighted by Gasteiger charge is 2.15. The molecule has 0 heterocycles. The number of carboxylic acids is 1. The van der Waals surface area contributed by atoms with Crippen LogP contribution in [0.1, 0.15) is 16.8 Å². The molecule has 0 aliphatic rings. The lowest BCUT2D eigenvalue weighted by molar-refractivity contribution is -0.117. The molecular formula is C12H16N2O5. The van der Waals surface area contributed by atoms with Crippen LogP contribution in [-0.2, 0) is 9.53 Å². The fourth-order valence-corrected chi connectivity index (χ4v) is 1.40. The lowest BCUT2D eigenvalue weighted by Gasteiger charge is -2.12. The van der Waals surface area contributed by atoms with Gasteiger partial charge < -0.3 is 26.0 Å². The van der Waals surface area contributed by atoms with Crippen molar-refractivity contribution in [2.45, 2.75) is 12.5 Å². The van der Waals surface area contributed by atoms with E-state index in [1.807, 2.05) is 0 Å². The van der Waals surface area contributed by atoms with Crippen molar-refractivity contribution < 1.29 is 24.5 Å². The summed E-state index contributed by atoms with van der Waals surface area (Å²) < 4.78 is 4.81. The SMILES string of the molecule is COCCC(N)C(=O)Nc1ccc(C(=O)O)c(O)c1. The lowest BCUT2D eigenvalue weighted by atomic mass is 10.1. The summed E-state index contributed by atoms with van der Waals surface area (Å²) in [7, 11) is 1.51. The highest BCUT2D eigenvalue weighted by molar-refractivity contribution is 5.96. The molecule has 0 fully saturated rings. The number of methoxy groups -OCH3 is 1. The number of amides is 1. The molecular weight excluding hydrogens is 252 g/mol. The van der Waals surface area contributed by atoms with E-state index < -0.39 is 23.7 Å². The van der Waals surface area contributed by atoms with Crippen LogP contribution < -0.4 is 11.1 Å². The Morgan fingerprint density at radius 1 is 1.47 bits per heavy atom. The normalized spacial score (nSPS) is 11.9. The van der Waals surface area contributed by atoms with Gasteiger partial charge in [0.25, 0.3) is 0 Å². The maximum atomic E-state index is 11.7. The molecule has 0 spiro atoms. The molecule has 1 rings (SSSR count). The number of anilines is 1. The summed E-state index contributed by atoms with van der Waals surface area (Å²) in [6, 6.07) is 3.00. The van der Waals surface area contributed by atoms with Gasteiger partial charge in [0.2, 0.25) is 5.91 Å². The first-order valence-corrected chi connectivity index (χ1v) is 5.57. The molecule has 0 saturated heterocycles. The number of carbonyl (C=O) groups is 2. The van der Waals surface area contributed by atoms with E-state index in [4.69, 9.17) is 15.6 Å². The first-order valence-electron chi connectivity index (χ1n) is 5.57. The number of phenols is 1. The van der Waals surface area contributed by atoms with E-state index in [0.717, 1.165) is 6.07 Å². The molecule has 0 bridgehead atoms. The highest BCUT2D eigenvalue weighted by atomic mass is 16.5. The van der Waals surface area contributed by atoms with Gasteiger partial charge in [-0.15, -0.1) is 0 Å². The molecule has 1 unspecified atom stereocenters. The molecule has 1 aromatic carbocycles. The number of aromatic carboxylic acids is 1. The van der Waals surface area contributed by atoms with Crippen LogP contribution in [0, 0.1) is 0 Å². The molecule has 7 nitrogen and oxygen atoms in total. The summed E-state index contributed by atoms with van der Waals surface area (Å²) in [6.07, 6.45) is 0.363. The van der Waals surface area contributed by atoms with Gasteiger partial charge in [-0.3, -0.25) is 4.79 Å². The third-order valence-electron chi connectivity index (χ3n) is 2.47. The van der Waals surface area contributed by atoms with Gasteiger partial charge in [-0.25, -0.2) is 4.79 Å². The Morgan fingerprint density at radius 2 is 2.16 bits per heavy atom. The van der Waals surface area contributed by atoms with Crippen molar-refractivity contribution in [2.75, 3.05) is 19.0 Å². The van der Waals surface area contributed by atoms with Gasteiger partial charge >= 0.3 is 5.97 Å². The van der Waals surface area contributed by atoms with Crippen LogP contribution in [0.3, 0.4) is 0 Å². The number of hydrogen-bond donors (Lipinski definition) is 4. The average Bonchev–Trinajstić information content (AvgIpc) is 2.35. The number of hydrogen-bond acceptors (Lipinski definition) is 5. The topological polar surface area (TPSA) is 122 Å². The second kappa shape index (κ2) is 6.72. The molecule has 1 aromatic rings. The number of carbonyl (C=O) groups excluding carboxylic acids is 1. The molecule has 19 heavy (non-hydrogen) atoms. The first kappa shape index (κ1) is 14.9.